The van der Waals surface area contributed by atoms with Crippen molar-refractivity contribution in [2.24, 2.45) is 5.10 Å². The molecule has 2 aromatic heterocycles. The summed E-state index contributed by atoms with van der Waals surface area (Å²) in [7, 11) is 0. The number of benzene rings is 1. The van der Waals surface area contributed by atoms with E-state index in [9.17, 15) is 14.9 Å². The molecule has 2 N–H and O–H groups in total. The number of H-pyrrole nitrogens is 1. The van der Waals surface area contributed by atoms with Gasteiger partial charge in [0.2, 0.25) is 0 Å². The summed E-state index contributed by atoms with van der Waals surface area (Å²) in [6, 6.07) is 11.5. The van der Waals surface area contributed by atoms with Crippen LogP contribution in [-0.2, 0) is 0 Å². The van der Waals surface area contributed by atoms with E-state index in [-0.39, 0.29) is 11.4 Å². The van der Waals surface area contributed by atoms with Crippen molar-refractivity contribution in [1.82, 2.24) is 15.6 Å². The normalized spacial score (nSPS) is 10.9. The van der Waals surface area contributed by atoms with Crippen LogP contribution in [0, 0.1) is 17.0 Å². The Morgan fingerprint density at radius 1 is 1.36 bits per heavy atom. The van der Waals surface area contributed by atoms with Crippen LogP contribution in [-0.4, -0.2) is 27.2 Å². The maximum absolute atomic E-state index is 12.0. The van der Waals surface area contributed by atoms with Crippen molar-refractivity contribution in [3.63, 3.8) is 0 Å². The molecule has 1 aromatic carbocycles. The Morgan fingerprint density at radius 2 is 2.20 bits per heavy atom. The van der Waals surface area contributed by atoms with Crippen LogP contribution in [0.25, 0.3) is 10.6 Å². The number of hydrogen-bond acceptors (Lipinski definition) is 6. The van der Waals surface area contributed by atoms with Crippen LogP contribution in [0.15, 0.2) is 47.6 Å². The molecule has 9 heteroatoms. The van der Waals surface area contributed by atoms with Crippen molar-refractivity contribution in [2.45, 2.75) is 6.92 Å². The minimum Gasteiger partial charge on any atom is -0.276 e. The fourth-order valence-electron chi connectivity index (χ4n) is 2.08. The summed E-state index contributed by atoms with van der Waals surface area (Å²) in [5.74, 6) is -0.475. The largest absolute Gasteiger partial charge is 0.291 e. The van der Waals surface area contributed by atoms with Gasteiger partial charge in [0.25, 0.3) is 11.6 Å². The third-order valence-electron chi connectivity index (χ3n) is 3.28. The molecule has 0 aliphatic carbocycles. The molecule has 0 saturated carbocycles. The van der Waals surface area contributed by atoms with Gasteiger partial charge in [0, 0.05) is 22.6 Å². The molecule has 25 heavy (non-hydrogen) atoms. The quantitative estimate of drug-likeness (QED) is 0.416. The first-order valence-electron chi connectivity index (χ1n) is 7.23. The van der Waals surface area contributed by atoms with Gasteiger partial charge < -0.3 is 0 Å². The first-order valence-corrected chi connectivity index (χ1v) is 8.04. The van der Waals surface area contributed by atoms with Crippen molar-refractivity contribution in [3.05, 3.63) is 68.7 Å². The minimum absolute atomic E-state index is 0.0431. The third-order valence-corrected chi connectivity index (χ3v) is 4.31. The number of nitro groups is 1. The lowest BCUT2D eigenvalue weighted by molar-refractivity contribution is -0.384. The van der Waals surface area contributed by atoms with Gasteiger partial charge in [-0.15, -0.1) is 11.3 Å². The lowest BCUT2D eigenvalue weighted by atomic mass is 10.2. The van der Waals surface area contributed by atoms with Gasteiger partial charge in [0.1, 0.15) is 0 Å². The first-order chi connectivity index (χ1) is 12.0. The van der Waals surface area contributed by atoms with E-state index in [0.29, 0.717) is 5.56 Å². The van der Waals surface area contributed by atoms with Crippen LogP contribution in [0.3, 0.4) is 0 Å². The lowest BCUT2D eigenvalue weighted by Gasteiger charge is -1.96. The topological polar surface area (TPSA) is 113 Å². The number of carbonyl (C=O) groups excluding carboxylic acids is 1. The zero-order valence-electron chi connectivity index (χ0n) is 13.1. The smallest absolute Gasteiger partial charge is 0.276 e. The van der Waals surface area contributed by atoms with E-state index >= 15 is 0 Å². The van der Waals surface area contributed by atoms with Crippen molar-refractivity contribution >= 4 is 29.1 Å². The number of rotatable bonds is 5. The van der Waals surface area contributed by atoms with E-state index in [0.717, 1.165) is 15.4 Å². The molecule has 0 spiro atoms. The van der Waals surface area contributed by atoms with Crippen molar-refractivity contribution < 1.29 is 9.72 Å². The van der Waals surface area contributed by atoms with Gasteiger partial charge in [-0.1, -0.05) is 12.1 Å². The number of hydrazone groups is 1. The molecular weight excluding hydrogens is 342 g/mol. The number of nitro benzene ring substituents is 1. The molecule has 0 fully saturated rings. The highest BCUT2D eigenvalue weighted by atomic mass is 32.1. The van der Waals surface area contributed by atoms with Crippen molar-refractivity contribution in [3.8, 4) is 10.6 Å². The molecule has 3 rings (SSSR count). The van der Waals surface area contributed by atoms with Crippen LogP contribution in [0.1, 0.15) is 20.9 Å². The average Bonchev–Trinajstić information content (AvgIpc) is 3.24. The molecule has 0 aliphatic rings. The van der Waals surface area contributed by atoms with E-state index in [1.807, 2.05) is 19.1 Å². The number of carbonyl (C=O) groups is 1. The Bertz CT molecular complexity index is 960. The Labute approximate surface area is 146 Å². The fraction of sp³-hybridized carbons (Fsp3) is 0.0625. The number of aryl methyl sites for hydroxylation is 1. The van der Waals surface area contributed by atoms with Gasteiger partial charge in [-0.05, 0) is 25.1 Å². The summed E-state index contributed by atoms with van der Waals surface area (Å²) in [5, 5.41) is 21.3. The predicted octanol–water partition coefficient (Wildman–Crippen LogP) is 3.12. The van der Waals surface area contributed by atoms with Crippen molar-refractivity contribution in [2.75, 3.05) is 0 Å². The summed E-state index contributed by atoms with van der Waals surface area (Å²) < 4.78 is 0. The van der Waals surface area contributed by atoms with Crippen LogP contribution in [0.5, 0.6) is 0 Å². The van der Waals surface area contributed by atoms with E-state index in [2.05, 4.69) is 20.7 Å². The summed E-state index contributed by atoms with van der Waals surface area (Å²) in [6.45, 7) is 2.00. The second-order valence-corrected chi connectivity index (χ2v) is 6.42. The molecule has 0 saturated heterocycles. The Kier molecular flexibility index (Phi) is 4.66. The number of amides is 1. The third kappa shape index (κ3) is 3.96. The Hall–Kier alpha value is -3.33. The predicted molar refractivity (Wildman–Crippen MR) is 94.8 cm³/mol. The fourth-order valence-corrected chi connectivity index (χ4v) is 2.92. The van der Waals surface area contributed by atoms with Gasteiger partial charge in [-0.25, -0.2) is 5.43 Å². The molecule has 126 valence electrons. The molecule has 0 unspecified atom stereocenters. The molecule has 0 atom stereocenters. The standard InChI is InChI=1S/C16H13N5O3S/c1-10-5-6-15(25-10)13-8-14(19-18-13)16(22)20-17-9-11-3-2-4-12(7-11)21(23)24/h2-9H,1H3,(H,18,19)(H,20,22). The van der Waals surface area contributed by atoms with E-state index in [1.165, 1.54) is 18.3 Å². The highest BCUT2D eigenvalue weighted by Crippen LogP contribution is 2.26. The Balaban J connectivity index is 1.66. The molecule has 0 aliphatic heterocycles. The number of non-ortho nitro benzene ring substituents is 1. The highest BCUT2D eigenvalue weighted by molar-refractivity contribution is 7.15. The number of nitrogens with zero attached hydrogens (tertiary/aromatic N) is 3. The minimum atomic E-state index is -0.493. The second kappa shape index (κ2) is 7.05. The maximum atomic E-state index is 12.0. The zero-order valence-corrected chi connectivity index (χ0v) is 13.9. The number of hydrogen-bond donors (Lipinski definition) is 2. The first kappa shape index (κ1) is 16.5. The summed E-state index contributed by atoms with van der Waals surface area (Å²) in [6.07, 6.45) is 1.33. The molecule has 1 amide bonds. The zero-order chi connectivity index (χ0) is 17.8. The van der Waals surface area contributed by atoms with Gasteiger partial charge in [-0.2, -0.15) is 10.2 Å². The second-order valence-electron chi connectivity index (χ2n) is 5.13. The van der Waals surface area contributed by atoms with E-state index in [1.54, 1.807) is 29.5 Å². The lowest BCUT2D eigenvalue weighted by Crippen LogP contribution is -2.18. The van der Waals surface area contributed by atoms with Gasteiger partial charge in [-0.3, -0.25) is 20.0 Å². The average molecular weight is 355 g/mol. The number of aromatic nitrogens is 2. The van der Waals surface area contributed by atoms with Crippen LogP contribution < -0.4 is 5.43 Å². The van der Waals surface area contributed by atoms with E-state index in [4.69, 9.17) is 0 Å². The molecular formula is C16H13N5O3S. The van der Waals surface area contributed by atoms with Crippen LogP contribution in [0.4, 0.5) is 5.69 Å². The summed E-state index contributed by atoms with van der Waals surface area (Å²) in [4.78, 5) is 24.4. The Morgan fingerprint density at radius 3 is 2.92 bits per heavy atom. The number of aromatic amines is 1. The highest BCUT2D eigenvalue weighted by Gasteiger charge is 2.11. The van der Waals surface area contributed by atoms with Gasteiger partial charge >= 0.3 is 0 Å². The van der Waals surface area contributed by atoms with Crippen LogP contribution >= 0.6 is 11.3 Å². The summed E-state index contributed by atoms with van der Waals surface area (Å²) in [5.41, 5.74) is 3.77. The molecule has 8 nitrogen and oxygen atoms in total. The molecule has 0 bridgehead atoms. The monoisotopic (exact) mass is 355 g/mol. The van der Waals surface area contributed by atoms with Crippen molar-refractivity contribution in [1.29, 1.82) is 0 Å². The molecule has 3 aromatic rings. The van der Waals surface area contributed by atoms with Gasteiger partial charge in [0.15, 0.2) is 5.69 Å². The maximum Gasteiger partial charge on any atom is 0.291 e. The molecule has 0 radical (unpaired) electrons. The number of thiophene rings is 1. The van der Waals surface area contributed by atoms with Crippen LogP contribution in [0.2, 0.25) is 0 Å². The summed E-state index contributed by atoms with van der Waals surface area (Å²) >= 11 is 1.60. The number of nitrogens with one attached hydrogen (secondary N) is 2. The SMILES string of the molecule is Cc1ccc(-c2cc(C(=O)NN=Cc3cccc([N+](=O)[O-])c3)n[nH]2)s1. The van der Waals surface area contributed by atoms with Gasteiger partial charge in [0.05, 0.1) is 21.7 Å². The molecule has 2 heterocycles. The van der Waals surface area contributed by atoms with E-state index < -0.39 is 10.8 Å².